The van der Waals surface area contributed by atoms with Crippen molar-refractivity contribution < 1.29 is 4.74 Å². The van der Waals surface area contributed by atoms with E-state index in [0.29, 0.717) is 21.9 Å². The lowest BCUT2D eigenvalue weighted by molar-refractivity contribution is 0.458. The van der Waals surface area contributed by atoms with E-state index in [-0.39, 0.29) is 0 Å². The van der Waals surface area contributed by atoms with E-state index in [0.717, 1.165) is 5.69 Å². The van der Waals surface area contributed by atoms with Gasteiger partial charge in [-0.3, -0.25) is 0 Å². The van der Waals surface area contributed by atoms with Gasteiger partial charge in [0.15, 0.2) is 0 Å². The maximum Gasteiger partial charge on any atom is 0.238 e. The first-order chi connectivity index (χ1) is 8.58. The number of nitrogen functional groups attached to an aromatic ring is 1. The van der Waals surface area contributed by atoms with Crippen molar-refractivity contribution >= 4 is 27.4 Å². The number of halogens is 1. The number of aromatic nitrogens is 2. The van der Waals surface area contributed by atoms with E-state index in [1.54, 1.807) is 0 Å². The van der Waals surface area contributed by atoms with Crippen molar-refractivity contribution in [1.29, 1.82) is 0 Å². The van der Waals surface area contributed by atoms with Crippen molar-refractivity contribution in [3.8, 4) is 11.6 Å². The van der Waals surface area contributed by atoms with E-state index in [1.807, 2.05) is 43.3 Å². The molecule has 0 saturated carbocycles. The summed E-state index contributed by atoms with van der Waals surface area (Å²) in [5.74, 6) is 1.45. The lowest BCUT2D eigenvalue weighted by atomic mass is 10.3. The van der Waals surface area contributed by atoms with E-state index in [1.165, 1.54) is 6.33 Å². The highest BCUT2D eigenvalue weighted by Crippen LogP contribution is 2.31. The van der Waals surface area contributed by atoms with Crippen LogP contribution in [0.25, 0.3) is 0 Å². The minimum absolute atomic E-state index is 0.351. The maximum atomic E-state index is 5.68. The fraction of sp³-hybridized carbons (Fsp3) is 0.167. The zero-order chi connectivity index (χ0) is 13.1. The molecule has 18 heavy (non-hydrogen) atoms. The van der Waals surface area contributed by atoms with Crippen LogP contribution in [0.2, 0.25) is 0 Å². The molecule has 1 aromatic heterocycles. The molecular weight excluding hydrogens is 296 g/mol. The molecule has 2 rings (SSSR count). The van der Waals surface area contributed by atoms with Crippen LogP contribution in [0.15, 0.2) is 35.1 Å². The van der Waals surface area contributed by atoms with Gasteiger partial charge in [0.1, 0.15) is 22.4 Å². The molecule has 0 bridgehead atoms. The summed E-state index contributed by atoms with van der Waals surface area (Å²) in [7, 11) is 3.94. The smallest absolute Gasteiger partial charge is 0.238 e. The number of rotatable bonds is 3. The predicted molar refractivity (Wildman–Crippen MR) is 75.0 cm³/mol. The summed E-state index contributed by atoms with van der Waals surface area (Å²) < 4.78 is 6.23. The Hall–Kier alpha value is -1.82. The Kier molecular flexibility index (Phi) is 3.66. The highest BCUT2D eigenvalue weighted by molar-refractivity contribution is 9.10. The molecule has 2 N–H and O–H groups in total. The third kappa shape index (κ3) is 2.70. The second kappa shape index (κ2) is 5.22. The summed E-state index contributed by atoms with van der Waals surface area (Å²) >= 11 is 3.30. The SMILES string of the molecule is CN(C)c1cccc(Oc2ncnc(N)c2Br)c1. The lowest BCUT2D eigenvalue weighted by Gasteiger charge is -2.14. The Morgan fingerprint density at radius 2 is 2.06 bits per heavy atom. The van der Waals surface area contributed by atoms with Gasteiger partial charge in [-0.15, -0.1) is 0 Å². The molecular formula is C12H13BrN4O. The third-order valence-electron chi connectivity index (χ3n) is 2.33. The summed E-state index contributed by atoms with van der Waals surface area (Å²) in [6.07, 6.45) is 1.37. The van der Waals surface area contributed by atoms with Crippen molar-refractivity contribution in [1.82, 2.24) is 9.97 Å². The number of anilines is 2. The standard InChI is InChI=1S/C12H13BrN4O/c1-17(2)8-4-3-5-9(6-8)18-12-10(13)11(14)15-7-16-12/h3-7H,1-2H3,(H2,14,15,16). The van der Waals surface area contributed by atoms with Gasteiger partial charge in [-0.2, -0.15) is 0 Å². The van der Waals surface area contributed by atoms with Gasteiger partial charge in [0.25, 0.3) is 0 Å². The number of benzene rings is 1. The first-order valence-electron chi connectivity index (χ1n) is 5.29. The van der Waals surface area contributed by atoms with E-state index in [2.05, 4.69) is 25.9 Å². The van der Waals surface area contributed by atoms with Crippen LogP contribution in [0.3, 0.4) is 0 Å². The average molecular weight is 309 g/mol. The molecule has 0 aliphatic rings. The summed E-state index contributed by atoms with van der Waals surface area (Å²) in [5, 5.41) is 0. The quantitative estimate of drug-likeness (QED) is 0.944. The first kappa shape index (κ1) is 12.6. The van der Waals surface area contributed by atoms with Crippen molar-refractivity contribution in [2.24, 2.45) is 0 Å². The number of nitrogens with zero attached hydrogens (tertiary/aromatic N) is 3. The van der Waals surface area contributed by atoms with E-state index < -0.39 is 0 Å². The minimum atomic E-state index is 0.351. The monoisotopic (exact) mass is 308 g/mol. The molecule has 0 atom stereocenters. The molecule has 0 unspecified atom stereocenters. The molecule has 0 amide bonds. The van der Waals surface area contributed by atoms with Crippen LogP contribution in [0.5, 0.6) is 11.6 Å². The van der Waals surface area contributed by atoms with Crippen LogP contribution < -0.4 is 15.4 Å². The maximum absolute atomic E-state index is 5.68. The van der Waals surface area contributed by atoms with E-state index >= 15 is 0 Å². The lowest BCUT2D eigenvalue weighted by Crippen LogP contribution is -2.08. The largest absolute Gasteiger partial charge is 0.438 e. The molecule has 94 valence electrons. The van der Waals surface area contributed by atoms with Crippen molar-refractivity contribution in [2.45, 2.75) is 0 Å². The fourth-order valence-corrected chi connectivity index (χ4v) is 1.66. The fourth-order valence-electron chi connectivity index (χ4n) is 1.37. The Balaban J connectivity index is 2.28. The summed E-state index contributed by atoms with van der Waals surface area (Å²) in [5.41, 5.74) is 6.71. The van der Waals surface area contributed by atoms with Gasteiger partial charge in [0.2, 0.25) is 5.88 Å². The van der Waals surface area contributed by atoms with Crippen LogP contribution in [-0.2, 0) is 0 Å². The topological polar surface area (TPSA) is 64.3 Å². The van der Waals surface area contributed by atoms with Gasteiger partial charge in [-0.05, 0) is 28.1 Å². The average Bonchev–Trinajstić information content (AvgIpc) is 2.35. The summed E-state index contributed by atoms with van der Waals surface area (Å²) in [6, 6.07) is 7.70. The van der Waals surface area contributed by atoms with Crippen LogP contribution >= 0.6 is 15.9 Å². The van der Waals surface area contributed by atoms with Gasteiger partial charge in [0.05, 0.1) is 0 Å². The molecule has 0 saturated heterocycles. The number of ether oxygens (including phenoxy) is 1. The molecule has 1 aromatic carbocycles. The van der Waals surface area contributed by atoms with Gasteiger partial charge in [0, 0.05) is 25.8 Å². The van der Waals surface area contributed by atoms with Gasteiger partial charge in [-0.1, -0.05) is 6.07 Å². The van der Waals surface area contributed by atoms with Gasteiger partial charge in [-0.25, -0.2) is 9.97 Å². The molecule has 0 aliphatic heterocycles. The molecule has 2 aromatic rings. The predicted octanol–water partition coefficient (Wildman–Crippen LogP) is 2.68. The second-order valence-electron chi connectivity index (χ2n) is 3.87. The molecule has 0 aliphatic carbocycles. The zero-order valence-corrected chi connectivity index (χ0v) is 11.7. The van der Waals surface area contributed by atoms with Crippen molar-refractivity contribution in [3.63, 3.8) is 0 Å². The van der Waals surface area contributed by atoms with Gasteiger partial charge < -0.3 is 15.4 Å². The highest BCUT2D eigenvalue weighted by Gasteiger charge is 2.08. The van der Waals surface area contributed by atoms with E-state index in [4.69, 9.17) is 10.5 Å². The number of nitrogens with two attached hydrogens (primary N) is 1. The summed E-state index contributed by atoms with van der Waals surface area (Å²) in [6.45, 7) is 0. The highest BCUT2D eigenvalue weighted by atomic mass is 79.9. The molecule has 0 fully saturated rings. The molecule has 6 heteroatoms. The van der Waals surface area contributed by atoms with Crippen LogP contribution in [0.1, 0.15) is 0 Å². The third-order valence-corrected chi connectivity index (χ3v) is 3.08. The van der Waals surface area contributed by atoms with Crippen LogP contribution in [0, 0.1) is 0 Å². The minimum Gasteiger partial charge on any atom is -0.438 e. The second-order valence-corrected chi connectivity index (χ2v) is 4.66. The number of hydrogen-bond acceptors (Lipinski definition) is 5. The Morgan fingerprint density at radius 3 is 2.78 bits per heavy atom. The van der Waals surface area contributed by atoms with Gasteiger partial charge >= 0.3 is 0 Å². The first-order valence-corrected chi connectivity index (χ1v) is 6.08. The van der Waals surface area contributed by atoms with Crippen LogP contribution in [-0.4, -0.2) is 24.1 Å². The van der Waals surface area contributed by atoms with E-state index in [9.17, 15) is 0 Å². The zero-order valence-electron chi connectivity index (χ0n) is 10.1. The van der Waals surface area contributed by atoms with Crippen molar-refractivity contribution in [2.75, 3.05) is 24.7 Å². The van der Waals surface area contributed by atoms with Crippen LogP contribution in [0.4, 0.5) is 11.5 Å². The molecule has 0 radical (unpaired) electrons. The Bertz CT molecular complexity index is 560. The number of hydrogen-bond donors (Lipinski definition) is 1. The molecule has 1 heterocycles. The Labute approximate surface area is 114 Å². The van der Waals surface area contributed by atoms with Crippen molar-refractivity contribution in [3.05, 3.63) is 35.1 Å². The summed E-state index contributed by atoms with van der Waals surface area (Å²) in [4.78, 5) is 9.89. The Morgan fingerprint density at radius 1 is 1.28 bits per heavy atom. The molecule has 0 spiro atoms. The molecule has 5 nitrogen and oxygen atoms in total. The normalized spacial score (nSPS) is 10.2.